The Hall–Kier alpha value is -1.58. The van der Waals surface area contributed by atoms with E-state index < -0.39 is 0 Å². The topological polar surface area (TPSA) is 28.7 Å². The molecule has 0 aliphatic rings. The molecule has 2 aromatic heterocycles. The van der Waals surface area contributed by atoms with Crippen LogP contribution in [0.2, 0.25) is 5.02 Å². The number of benzene rings is 1. The molecule has 96 valence electrons. The molecule has 19 heavy (non-hydrogen) atoms. The van der Waals surface area contributed by atoms with E-state index in [-0.39, 0.29) is 0 Å². The Labute approximate surface area is 121 Å². The van der Waals surface area contributed by atoms with Gasteiger partial charge in [-0.1, -0.05) is 29.8 Å². The average molecular weight is 289 g/mol. The standard InChI is InChI=1S/C15H13ClN2S/c1-10-15(12-6-7-19-9-12)18-14(17-10)8-11-4-2-3-5-13(11)16/h2-7,9H,8H2,1H3,(H,17,18). The number of H-pyrrole nitrogens is 1. The van der Waals surface area contributed by atoms with E-state index in [0.29, 0.717) is 0 Å². The monoisotopic (exact) mass is 288 g/mol. The minimum Gasteiger partial charge on any atom is -0.345 e. The molecule has 4 heteroatoms. The zero-order valence-corrected chi connectivity index (χ0v) is 12.1. The molecule has 3 aromatic rings. The third-order valence-corrected chi connectivity index (χ3v) is 4.10. The second-order valence-corrected chi connectivity index (χ2v) is 5.62. The van der Waals surface area contributed by atoms with Crippen LogP contribution in [0.4, 0.5) is 0 Å². The minimum atomic E-state index is 0.727. The number of imidazole rings is 1. The Morgan fingerprint density at radius 2 is 2.11 bits per heavy atom. The fraction of sp³-hybridized carbons (Fsp3) is 0.133. The van der Waals surface area contributed by atoms with Gasteiger partial charge in [-0.2, -0.15) is 11.3 Å². The Balaban J connectivity index is 1.91. The van der Waals surface area contributed by atoms with Gasteiger partial charge in [0.2, 0.25) is 0 Å². The molecule has 1 aromatic carbocycles. The number of nitrogens with zero attached hydrogens (tertiary/aromatic N) is 1. The van der Waals surface area contributed by atoms with E-state index in [1.807, 2.05) is 24.3 Å². The molecule has 3 rings (SSSR count). The van der Waals surface area contributed by atoms with Crippen LogP contribution < -0.4 is 0 Å². The van der Waals surface area contributed by atoms with Gasteiger partial charge in [0.1, 0.15) is 5.82 Å². The van der Waals surface area contributed by atoms with Crippen molar-refractivity contribution in [3.63, 3.8) is 0 Å². The van der Waals surface area contributed by atoms with Gasteiger partial charge in [-0.3, -0.25) is 0 Å². The number of aromatic amines is 1. The largest absolute Gasteiger partial charge is 0.345 e. The van der Waals surface area contributed by atoms with Crippen molar-refractivity contribution in [1.82, 2.24) is 9.97 Å². The maximum absolute atomic E-state index is 6.18. The van der Waals surface area contributed by atoms with Crippen molar-refractivity contribution >= 4 is 22.9 Å². The number of thiophene rings is 1. The van der Waals surface area contributed by atoms with Crippen LogP contribution in [0, 0.1) is 6.92 Å². The van der Waals surface area contributed by atoms with Gasteiger partial charge in [-0.15, -0.1) is 0 Å². The van der Waals surface area contributed by atoms with Crippen LogP contribution in [-0.2, 0) is 6.42 Å². The van der Waals surface area contributed by atoms with Crippen LogP contribution in [0.15, 0.2) is 41.1 Å². The van der Waals surface area contributed by atoms with Crippen LogP contribution in [0.3, 0.4) is 0 Å². The first-order valence-corrected chi connectivity index (χ1v) is 7.37. The van der Waals surface area contributed by atoms with E-state index >= 15 is 0 Å². The quantitative estimate of drug-likeness (QED) is 0.744. The van der Waals surface area contributed by atoms with Crippen molar-refractivity contribution in [1.29, 1.82) is 0 Å². The molecule has 2 nitrogen and oxygen atoms in total. The first-order chi connectivity index (χ1) is 9.24. The van der Waals surface area contributed by atoms with Crippen LogP contribution in [-0.4, -0.2) is 9.97 Å². The van der Waals surface area contributed by atoms with Crippen molar-refractivity contribution in [3.05, 3.63) is 63.2 Å². The van der Waals surface area contributed by atoms with Gasteiger partial charge in [0.25, 0.3) is 0 Å². The second-order valence-electron chi connectivity index (χ2n) is 4.44. The first-order valence-electron chi connectivity index (χ1n) is 6.05. The molecule has 0 fully saturated rings. The molecular weight excluding hydrogens is 276 g/mol. The Morgan fingerprint density at radius 3 is 2.84 bits per heavy atom. The summed E-state index contributed by atoms with van der Waals surface area (Å²) in [6, 6.07) is 9.97. The molecule has 0 atom stereocenters. The van der Waals surface area contributed by atoms with E-state index in [2.05, 4.69) is 33.7 Å². The number of hydrogen-bond donors (Lipinski definition) is 1. The molecule has 0 amide bonds. The van der Waals surface area contributed by atoms with Crippen LogP contribution in [0.5, 0.6) is 0 Å². The molecule has 0 saturated heterocycles. The third kappa shape index (κ3) is 2.57. The van der Waals surface area contributed by atoms with E-state index in [1.54, 1.807) is 11.3 Å². The van der Waals surface area contributed by atoms with Gasteiger partial charge in [-0.05, 0) is 30.0 Å². The van der Waals surface area contributed by atoms with Crippen molar-refractivity contribution < 1.29 is 0 Å². The van der Waals surface area contributed by atoms with Crippen LogP contribution in [0.1, 0.15) is 17.1 Å². The van der Waals surface area contributed by atoms with E-state index in [1.165, 1.54) is 5.56 Å². The number of halogens is 1. The van der Waals surface area contributed by atoms with E-state index in [0.717, 1.165) is 34.2 Å². The highest BCUT2D eigenvalue weighted by molar-refractivity contribution is 7.08. The van der Waals surface area contributed by atoms with Crippen LogP contribution >= 0.6 is 22.9 Å². The van der Waals surface area contributed by atoms with Gasteiger partial charge >= 0.3 is 0 Å². The summed E-state index contributed by atoms with van der Waals surface area (Å²) in [6.07, 6.45) is 0.727. The molecule has 1 N–H and O–H groups in total. The number of aromatic nitrogens is 2. The lowest BCUT2D eigenvalue weighted by Crippen LogP contribution is -1.91. The van der Waals surface area contributed by atoms with Crippen molar-refractivity contribution in [2.24, 2.45) is 0 Å². The molecule has 0 unspecified atom stereocenters. The summed E-state index contributed by atoms with van der Waals surface area (Å²) in [6.45, 7) is 2.05. The summed E-state index contributed by atoms with van der Waals surface area (Å²) in [4.78, 5) is 8.02. The lowest BCUT2D eigenvalue weighted by molar-refractivity contribution is 1.02. The fourth-order valence-corrected chi connectivity index (χ4v) is 2.95. The van der Waals surface area contributed by atoms with Gasteiger partial charge in [0, 0.05) is 28.1 Å². The zero-order chi connectivity index (χ0) is 13.2. The summed E-state index contributed by atoms with van der Waals surface area (Å²) in [5, 5.41) is 4.97. The molecular formula is C15H13ClN2S. The van der Waals surface area contributed by atoms with Gasteiger partial charge in [0.05, 0.1) is 5.69 Å². The summed E-state index contributed by atoms with van der Waals surface area (Å²) >= 11 is 7.86. The molecule has 0 aliphatic carbocycles. The first kappa shape index (κ1) is 12.5. The zero-order valence-electron chi connectivity index (χ0n) is 10.5. The summed E-state index contributed by atoms with van der Waals surface area (Å²) in [7, 11) is 0. The maximum Gasteiger partial charge on any atom is 0.111 e. The molecule has 0 bridgehead atoms. The predicted octanol–water partition coefficient (Wildman–Crippen LogP) is 4.69. The Morgan fingerprint density at radius 1 is 1.26 bits per heavy atom. The second kappa shape index (κ2) is 5.19. The Kier molecular flexibility index (Phi) is 3.40. The summed E-state index contributed by atoms with van der Waals surface area (Å²) < 4.78 is 0. The highest BCUT2D eigenvalue weighted by atomic mass is 35.5. The smallest absolute Gasteiger partial charge is 0.111 e. The summed E-state index contributed by atoms with van der Waals surface area (Å²) in [5.41, 5.74) is 4.39. The Bertz CT molecular complexity index is 686. The van der Waals surface area contributed by atoms with Crippen molar-refractivity contribution in [3.8, 4) is 11.3 Å². The predicted molar refractivity (Wildman–Crippen MR) is 80.9 cm³/mol. The number of nitrogens with one attached hydrogen (secondary N) is 1. The number of rotatable bonds is 3. The van der Waals surface area contributed by atoms with Crippen molar-refractivity contribution in [2.45, 2.75) is 13.3 Å². The number of aryl methyl sites for hydroxylation is 1. The third-order valence-electron chi connectivity index (χ3n) is 3.04. The average Bonchev–Trinajstić information content (AvgIpc) is 3.01. The molecule has 0 radical (unpaired) electrons. The molecule has 0 spiro atoms. The van der Waals surface area contributed by atoms with Gasteiger partial charge in [0.15, 0.2) is 0 Å². The molecule has 2 heterocycles. The minimum absolute atomic E-state index is 0.727. The van der Waals surface area contributed by atoms with Crippen molar-refractivity contribution in [2.75, 3.05) is 0 Å². The van der Waals surface area contributed by atoms with Gasteiger partial charge < -0.3 is 4.98 Å². The lowest BCUT2D eigenvalue weighted by atomic mass is 10.1. The number of hydrogen-bond acceptors (Lipinski definition) is 2. The van der Waals surface area contributed by atoms with E-state index in [9.17, 15) is 0 Å². The highest BCUT2D eigenvalue weighted by Gasteiger charge is 2.10. The van der Waals surface area contributed by atoms with Crippen LogP contribution in [0.25, 0.3) is 11.3 Å². The van der Waals surface area contributed by atoms with E-state index in [4.69, 9.17) is 11.6 Å². The fourth-order valence-electron chi connectivity index (χ4n) is 2.11. The summed E-state index contributed by atoms with van der Waals surface area (Å²) in [5.74, 6) is 0.951. The normalized spacial score (nSPS) is 10.8. The highest BCUT2D eigenvalue weighted by Crippen LogP contribution is 2.25. The molecule has 0 saturated carbocycles. The molecule has 0 aliphatic heterocycles. The SMILES string of the molecule is Cc1[nH]c(Cc2ccccc2Cl)nc1-c1ccsc1. The lowest BCUT2D eigenvalue weighted by Gasteiger charge is -2.00. The maximum atomic E-state index is 6.18. The van der Waals surface area contributed by atoms with Gasteiger partial charge in [-0.25, -0.2) is 4.98 Å².